The monoisotopic (exact) mass is 429 g/mol. The summed E-state index contributed by atoms with van der Waals surface area (Å²) in [7, 11) is 0. The van der Waals surface area contributed by atoms with Crippen LogP contribution in [0.3, 0.4) is 0 Å². The van der Waals surface area contributed by atoms with Crippen molar-refractivity contribution >= 4 is 46.0 Å². The van der Waals surface area contributed by atoms with Crippen LogP contribution < -0.4 is 5.43 Å². The maximum Gasteiger partial charge on any atom is 0.313 e. The molecule has 0 saturated carbocycles. The third-order valence-electron chi connectivity index (χ3n) is 2.65. The zero-order valence-corrected chi connectivity index (χ0v) is 13.4. The molecule has 0 aliphatic carbocycles. The average Bonchev–Trinajstić information content (AvgIpc) is 2.51. The van der Waals surface area contributed by atoms with Gasteiger partial charge in [0.15, 0.2) is 0 Å². The maximum absolute atomic E-state index is 10.8. The molecule has 23 heavy (non-hydrogen) atoms. The number of nitrogens with one attached hydrogen (secondary N) is 1. The van der Waals surface area contributed by atoms with Crippen molar-refractivity contribution in [3.63, 3.8) is 0 Å². The summed E-state index contributed by atoms with van der Waals surface area (Å²) in [5, 5.41) is 35.2. The fraction of sp³-hybridized carbons (Fsp3) is 0. The van der Waals surface area contributed by atoms with Crippen molar-refractivity contribution in [2.45, 2.75) is 0 Å². The molecule has 0 unspecified atom stereocenters. The molecular weight excluding hydrogens is 421 g/mol. The molecule has 11 heteroatoms. The molecule has 0 bridgehead atoms. The number of hydrogen-bond acceptors (Lipinski definition) is 8. The van der Waals surface area contributed by atoms with Crippen molar-refractivity contribution in [1.82, 2.24) is 4.98 Å². The molecule has 10 nitrogen and oxygen atoms in total. The molecule has 0 atom stereocenters. The van der Waals surface area contributed by atoms with Crippen LogP contribution in [-0.2, 0) is 0 Å². The summed E-state index contributed by atoms with van der Waals surface area (Å²) in [5.74, 6) is -0.273. The zero-order valence-electron chi connectivity index (χ0n) is 11.2. The third-order valence-corrected chi connectivity index (χ3v) is 3.47. The van der Waals surface area contributed by atoms with Gasteiger partial charge in [-0.2, -0.15) is 5.10 Å². The standard InChI is InChI=1S/C12H8IN5O5/c13-9-5-8(17(20)21)4-7(11(9)19)6-15-16-12-10(18(22)23)2-1-3-14-12/h1-6,19H,(H,14,16). The van der Waals surface area contributed by atoms with Crippen molar-refractivity contribution in [2.75, 3.05) is 5.43 Å². The van der Waals surface area contributed by atoms with Crippen LogP contribution in [0.25, 0.3) is 0 Å². The molecule has 0 amide bonds. The number of phenols is 1. The van der Waals surface area contributed by atoms with E-state index in [1.54, 1.807) is 22.6 Å². The Morgan fingerprint density at radius 3 is 2.70 bits per heavy atom. The van der Waals surface area contributed by atoms with Gasteiger partial charge in [-0.3, -0.25) is 25.7 Å². The Balaban J connectivity index is 2.28. The van der Waals surface area contributed by atoms with Gasteiger partial charge >= 0.3 is 5.69 Å². The number of aromatic nitrogens is 1. The third kappa shape index (κ3) is 3.88. The van der Waals surface area contributed by atoms with Crippen LogP contribution in [0, 0.1) is 23.8 Å². The highest BCUT2D eigenvalue weighted by Gasteiger charge is 2.15. The SMILES string of the molecule is O=[N+]([O-])c1cc(I)c(O)c(C=NNc2ncccc2[N+](=O)[O-])c1. The summed E-state index contributed by atoms with van der Waals surface area (Å²) in [6.07, 6.45) is 2.46. The molecule has 0 aliphatic rings. The van der Waals surface area contributed by atoms with Crippen LogP contribution >= 0.6 is 22.6 Å². The lowest BCUT2D eigenvalue weighted by Gasteiger charge is -2.03. The molecule has 0 fully saturated rings. The Morgan fingerprint density at radius 2 is 2.04 bits per heavy atom. The molecule has 1 heterocycles. The smallest absolute Gasteiger partial charge is 0.313 e. The van der Waals surface area contributed by atoms with E-state index in [2.05, 4.69) is 15.5 Å². The van der Waals surface area contributed by atoms with E-state index in [1.165, 1.54) is 24.4 Å². The highest BCUT2D eigenvalue weighted by atomic mass is 127. The van der Waals surface area contributed by atoms with Crippen molar-refractivity contribution < 1.29 is 15.0 Å². The summed E-state index contributed by atoms with van der Waals surface area (Å²) in [5.41, 5.74) is 1.98. The summed E-state index contributed by atoms with van der Waals surface area (Å²) in [4.78, 5) is 24.2. The lowest BCUT2D eigenvalue weighted by atomic mass is 10.2. The van der Waals surface area contributed by atoms with Gasteiger partial charge in [0.05, 0.1) is 19.6 Å². The first-order chi connectivity index (χ1) is 10.9. The van der Waals surface area contributed by atoms with Gasteiger partial charge in [0.2, 0.25) is 5.82 Å². The Morgan fingerprint density at radius 1 is 1.30 bits per heavy atom. The van der Waals surface area contributed by atoms with Crippen molar-refractivity contribution in [2.24, 2.45) is 5.10 Å². The molecule has 2 N–H and O–H groups in total. The first kappa shape index (κ1) is 16.5. The number of hydrogen-bond donors (Lipinski definition) is 2. The van der Waals surface area contributed by atoms with Gasteiger partial charge in [-0.05, 0) is 28.7 Å². The minimum absolute atomic E-state index is 0.0895. The second kappa shape index (κ2) is 6.95. The summed E-state index contributed by atoms with van der Waals surface area (Å²) < 4.78 is 0.280. The largest absolute Gasteiger partial charge is 0.506 e. The molecule has 2 rings (SSSR count). The van der Waals surface area contributed by atoms with Crippen molar-refractivity contribution in [3.05, 3.63) is 59.8 Å². The van der Waals surface area contributed by atoms with Gasteiger partial charge in [-0.1, -0.05) is 0 Å². The molecule has 0 saturated heterocycles. The van der Waals surface area contributed by atoms with Crippen LogP contribution in [-0.4, -0.2) is 26.2 Å². The lowest BCUT2D eigenvalue weighted by molar-refractivity contribution is -0.385. The number of benzene rings is 1. The number of non-ortho nitro benzene ring substituents is 1. The number of aromatic hydroxyl groups is 1. The number of anilines is 1. The van der Waals surface area contributed by atoms with E-state index < -0.39 is 9.85 Å². The summed E-state index contributed by atoms with van der Waals surface area (Å²) in [6.45, 7) is 0. The Bertz CT molecular complexity index is 810. The minimum Gasteiger partial charge on any atom is -0.506 e. The van der Waals surface area contributed by atoms with Crippen LogP contribution in [0.1, 0.15) is 5.56 Å². The predicted molar refractivity (Wildman–Crippen MR) is 89.6 cm³/mol. The van der Waals surface area contributed by atoms with Gasteiger partial charge in [0.25, 0.3) is 5.69 Å². The Labute approximate surface area is 142 Å². The molecular formula is C12H8IN5O5. The number of pyridine rings is 1. The van der Waals surface area contributed by atoms with Crippen LogP contribution in [0.2, 0.25) is 0 Å². The lowest BCUT2D eigenvalue weighted by Crippen LogP contribution is -1.99. The van der Waals surface area contributed by atoms with Crippen molar-refractivity contribution in [3.8, 4) is 5.75 Å². The molecule has 2 aromatic rings. The van der Waals surface area contributed by atoms with E-state index in [4.69, 9.17) is 0 Å². The van der Waals surface area contributed by atoms with E-state index >= 15 is 0 Å². The summed E-state index contributed by atoms with van der Waals surface area (Å²) >= 11 is 1.75. The second-order valence-corrected chi connectivity index (χ2v) is 5.28. The Kier molecular flexibility index (Phi) is 5.00. The first-order valence-corrected chi connectivity index (χ1v) is 7.03. The average molecular weight is 429 g/mol. The highest BCUT2D eigenvalue weighted by molar-refractivity contribution is 14.1. The number of phenolic OH excluding ortho intramolecular Hbond substituents is 1. The molecule has 118 valence electrons. The number of hydrazone groups is 1. The van der Waals surface area contributed by atoms with Crippen molar-refractivity contribution in [1.29, 1.82) is 0 Å². The number of halogens is 1. The normalized spacial score (nSPS) is 10.7. The van der Waals surface area contributed by atoms with Gasteiger partial charge in [0.1, 0.15) is 5.75 Å². The second-order valence-electron chi connectivity index (χ2n) is 4.12. The van der Waals surface area contributed by atoms with Gasteiger partial charge in [-0.25, -0.2) is 4.98 Å². The van der Waals surface area contributed by atoms with Gasteiger partial charge in [-0.15, -0.1) is 0 Å². The van der Waals surface area contributed by atoms with E-state index in [0.717, 1.165) is 12.3 Å². The van der Waals surface area contributed by atoms with Crippen LogP contribution in [0.15, 0.2) is 35.6 Å². The molecule has 1 aromatic carbocycles. The van der Waals surface area contributed by atoms with E-state index in [-0.39, 0.29) is 32.1 Å². The molecule has 0 spiro atoms. The highest BCUT2D eigenvalue weighted by Crippen LogP contribution is 2.28. The molecule has 0 radical (unpaired) electrons. The maximum atomic E-state index is 10.8. The predicted octanol–water partition coefficient (Wildman–Crippen LogP) is 2.65. The summed E-state index contributed by atoms with van der Waals surface area (Å²) in [6, 6.07) is 5.00. The van der Waals surface area contributed by atoms with Crippen LogP contribution in [0.5, 0.6) is 5.75 Å². The fourth-order valence-corrected chi connectivity index (χ4v) is 2.23. The van der Waals surface area contributed by atoms with Crippen LogP contribution in [0.4, 0.5) is 17.2 Å². The number of rotatable bonds is 5. The molecule has 0 aliphatic heterocycles. The number of nitro groups is 2. The fourth-order valence-electron chi connectivity index (χ4n) is 1.60. The minimum atomic E-state index is -0.626. The van der Waals surface area contributed by atoms with E-state index in [0.29, 0.717) is 0 Å². The number of nitrogens with zero attached hydrogens (tertiary/aromatic N) is 4. The van der Waals surface area contributed by atoms with Gasteiger partial charge in [0, 0.05) is 30.0 Å². The van der Waals surface area contributed by atoms with E-state index in [1.807, 2.05) is 0 Å². The van der Waals surface area contributed by atoms with E-state index in [9.17, 15) is 25.3 Å². The number of nitro benzene ring substituents is 1. The van der Waals surface area contributed by atoms with Gasteiger partial charge < -0.3 is 5.11 Å². The molecule has 1 aromatic heterocycles. The quantitative estimate of drug-likeness (QED) is 0.322. The zero-order chi connectivity index (χ0) is 17.0. The topological polar surface area (TPSA) is 144 Å². The first-order valence-electron chi connectivity index (χ1n) is 5.95. The Hall–Kier alpha value is -2.83.